The summed E-state index contributed by atoms with van der Waals surface area (Å²) in [4.78, 5) is 0. The van der Waals surface area contributed by atoms with Gasteiger partial charge in [0.15, 0.2) is 11.5 Å². The lowest BCUT2D eigenvalue weighted by molar-refractivity contribution is 0.0305. The average Bonchev–Trinajstić information content (AvgIpc) is 2.64. The van der Waals surface area contributed by atoms with Crippen LogP contribution in [0, 0.1) is 0 Å². The predicted molar refractivity (Wildman–Crippen MR) is 77.1 cm³/mol. The zero-order chi connectivity index (χ0) is 14.5. The van der Waals surface area contributed by atoms with Crippen molar-refractivity contribution in [1.82, 2.24) is 0 Å². The van der Waals surface area contributed by atoms with E-state index >= 15 is 0 Å². The number of rotatable bonds is 4. The molecular formula is C16H24O4. The van der Waals surface area contributed by atoms with Crippen LogP contribution in [0.1, 0.15) is 50.7 Å². The van der Waals surface area contributed by atoms with Gasteiger partial charge in [-0.25, -0.2) is 0 Å². The van der Waals surface area contributed by atoms with Crippen molar-refractivity contribution < 1.29 is 19.7 Å². The zero-order valence-corrected chi connectivity index (χ0v) is 12.2. The number of benzene rings is 1. The fourth-order valence-electron chi connectivity index (χ4n) is 2.60. The van der Waals surface area contributed by atoms with Crippen LogP contribution in [0.3, 0.4) is 0 Å². The molecule has 0 bridgehead atoms. The van der Waals surface area contributed by atoms with Crippen molar-refractivity contribution in [3.8, 4) is 11.5 Å². The van der Waals surface area contributed by atoms with Crippen molar-refractivity contribution in [3.05, 3.63) is 23.8 Å². The largest absolute Gasteiger partial charge is 0.493 e. The zero-order valence-electron chi connectivity index (χ0n) is 12.2. The summed E-state index contributed by atoms with van der Waals surface area (Å²) < 4.78 is 11.3. The molecule has 0 aromatic heterocycles. The number of methoxy groups -OCH3 is 1. The Kier molecular flexibility index (Phi) is 5.26. The van der Waals surface area contributed by atoms with Crippen LogP contribution >= 0.6 is 0 Å². The highest BCUT2D eigenvalue weighted by Crippen LogP contribution is 2.33. The number of ether oxygens (including phenoxy) is 2. The van der Waals surface area contributed by atoms with Gasteiger partial charge in [-0.3, -0.25) is 0 Å². The summed E-state index contributed by atoms with van der Waals surface area (Å²) in [6, 6.07) is 5.41. The van der Waals surface area contributed by atoms with E-state index in [9.17, 15) is 10.2 Å². The van der Waals surface area contributed by atoms with Crippen LogP contribution in [0.2, 0.25) is 0 Å². The maximum absolute atomic E-state index is 10.1. The number of aliphatic hydroxyl groups is 2. The number of hydrogen-bond acceptors (Lipinski definition) is 4. The van der Waals surface area contributed by atoms with Gasteiger partial charge in [0.25, 0.3) is 0 Å². The molecule has 4 heteroatoms. The lowest BCUT2D eigenvalue weighted by Crippen LogP contribution is -2.30. The molecule has 0 saturated heterocycles. The second kappa shape index (κ2) is 6.95. The predicted octanol–water partition coefficient (Wildman–Crippen LogP) is 2.82. The Balaban J connectivity index is 2.15. The van der Waals surface area contributed by atoms with Gasteiger partial charge >= 0.3 is 0 Å². The Hall–Kier alpha value is -1.26. The molecule has 1 aliphatic rings. The minimum Gasteiger partial charge on any atom is -0.493 e. The monoisotopic (exact) mass is 280 g/mol. The van der Waals surface area contributed by atoms with Crippen molar-refractivity contribution in [2.75, 3.05) is 7.11 Å². The quantitative estimate of drug-likeness (QED) is 0.833. The highest BCUT2D eigenvalue weighted by atomic mass is 16.5. The summed E-state index contributed by atoms with van der Waals surface area (Å²) >= 11 is 0. The van der Waals surface area contributed by atoms with Gasteiger partial charge in [0.1, 0.15) is 6.10 Å². The van der Waals surface area contributed by atoms with Gasteiger partial charge in [-0.2, -0.15) is 0 Å². The summed E-state index contributed by atoms with van der Waals surface area (Å²) in [5.41, 5.74) is 0.788. The Morgan fingerprint density at radius 2 is 1.90 bits per heavy atom. The van der Waals surface area contributed by atoms with E-state index < -0.39 is 12.2 Å². The summed E-state index contributed by atoms with van der Waals surface area (Å²) in [6.07, 6.45) is 3.80. The highest BCUT2D eigenvalue weighted by Gasteiger charge is 2.24. The van der Waals surface area contributed by atoms with Crippen LogP contribution < -0.4 is 9.47 Å². The van der Waals surface area contributed by atoms with Gasteiger partial charge in [0.05, 0.1) is 19.3 Å². The number of aliphatic hydroxyl groups excluding tert-OH is 2. The van der Waals surface area contributed by atoms with E-state index in [1.54, 1.807) is 26.2 Å². The molecule has 0 aliphatic heterocycles. The molecule has 1 aromatic rings. The Bertz CT molecular complexity index is 430. The maximum Gasteiger partial charge on any atom is 0.161 e. The van der Waals surface area contributed by atoms with E-state index in [0.29, 0.717) is 11.5 Å². The molecule has 2 unspecified atom stereocenters. The minimum atomic E-state index is -0.540. The normalized spacial score (nSPS) is 24.8. The van der Waals surface area contributed by atoms with Gasteiger partial charge in [-0.05, 0) is 43.9 Å². The van der Waals surface area contributed by atoms with Gasteiger partial charge < -0.3 is 19.7 Å². The third-order valence-corrected chi connectivity index (χ3v) is 3.87. The molecule has 1 aliphatic carbocycles. The first-order valence-electron chi connectivity index (χ1n) is 7.32. The molecule has 0 heterocycles. The van der Waals surface area contributed by atoms with E-state index in [4.69, 9.17) is 9.47 Å². The van der Waals surface area contributed by atoms with Gasteiger partial charge in [-0.1, -0.05) is 18.9 Å². The molecule has 4 nitrogen and oxygen atoms in total. The summed E-state index contributed by atoms with van der Waals surface area (Å²) in [5, 5.41) is 19.7. The van der Waals surface area contributed by atoms with Crippen LogP contribution in [0.15, 0.2) is 18.2 Å². The molecule has 112 valence electrons. The molecule has 2 N–H and O–H groups in total. The minimum absolute atomic E-state index is 0.177. The van der Waals surface area contributed by atoms with Crippen molar-refractivity contribution in [2.24, 2.45) is 0 Å². The molecule has 0 radical (unpaired) electrons. The summed E-state index contributed by atoms with van der Waals surface area (Å²) in [5.74, 6) is 1.22. The van der Waals surface area contributed by atoms with Crippen molar-refractivity contribution in [2.45, 2.75) is 57.3 Å². The second-order valence-corrected chi connectivity index (χ2v) is 5.45. The third kappa shape index (κ3) is 3.64. The fourth-order valence-corrected chi connectivity index (χ4v) is 2.60. The molecular weight excluding hydrogens is 256 g/mol. The van der Waals surface area contributed by atoms with Crippen LogP contribution in [0.5, 0.6) is 11.5 Å². The van der Waals surface area contributed by atoms with Crippen LogP contribution in [0.4, 0.5) is 0 Å². The van der Waals surface area contributed by atoms with E-state index in [1.807, 2.05) is 6.07 Å². The van der Waals surface area contributed by atoms with Crippen LogP contribution in [-0.2, 0) is 0 Å². The summed E-state index contributed by atoms with van der Waals surface area (Å²) in [6.45, 7) is 1.71. The van der Waals surface area contributed by atoms with E-state index in [-0.39, 0.29) is 6.10 Å². The standard InChI is InChI=1S/C16H24O4/c1-11(17)12-8-9-15(16(10-12)19-2)20-14-7-5-3-4-6-13(14)18/h8-11,13-14,17-18H,3-7H2,1-2H3/t11-,13?,14?/m0/s1. The summed E-state index contributed by atoms with van der Waals surface area (Å²) in [7, 11) is 1.58. The fraction of sp³-hybridized carbons (Fsp3) is 0.625. The Morgan fingerprint density at radius 1 is 1.15 bits per heavy atom. The molecule has 0 amide bonds. The smallest absolute Gasteiger partial charge is 0.161 e. The molecule has 3 atom stereocenters. The van der Waals surface area contributed by atoms with Crippen molar-refractivity contribution in [3.63, 3.8) is 0 Å². The molecule has 2 rings (SSSR count). The lowest BCUT2D eigenvalue weighted by Gasteiger charge is -2.23. The SMILES string of the molecule is COc1cc([C@H](C)O)ccc1OC1CCCCCC1O. The van der Waals surface area contributed by atoms with Gasteiger partial charge in [-0.15, -0.1) is 0 Å². The maximum atomic E-state index is 10.1. The Labute approximate surface area is 120 Å². The molecule has 1 saturated carbocycles. The first-order valence-corrected chi connectivity index (χ1v) is 7.32. The number of hydrogen-bond donors (Lipinski definition) is 2. The van der Waals surface area contributed by atoms with Crippen LogP contribution in [0.25, 0.3) is 0 Å². The van der Waals surface area contributed by atoms with Gasteiger partial charge in [0, 0.05) is 0 Å². The lowest BCUT2D eigenvalue weighted by atomic mass is 10.1. The van der Waals surface area contributed by atoms with Crippen LogP contribution in [-0.4, -0.2) is 29.5 Å². The molecule has 0 spiro atoms. The molecule has 1 aromatic carbocycles. The van der Waals surface area contributed by atoms with Gasteiger partial charge in [0.2, 0.25) is 0 Å². The van der Waals surface area contributed by atoms with E-state index in [0.717, 1.165) is 37.7 Å². The topological polar surface area (TPSA) is 58.9 Å². The average molecular weight is 280 g/mol. The van der Waals surface area contributed by atoms with E-state index in [2.05, 4.69) is 0 Å². The highest BCUT2D eigenvalue weighted by molar-refractivity contribution is 5.43. The third-order valence-electron chi connectivity index (χ3n) is 3.87. The first-order chi connectivity index (χ1) is 9.61. The second-order valence-electron chi connectivity index (χ2n) is 5.45. The Morgan fingerprint density at radius 3 is 2.60 bits per heavy atom. The molecule has 20 heavy (non-hydrogen) atoms. The molecule has 1 fully saturated rings. The van der Waals surface area contributed by atoms with Crippen molar-refractivity contribution >= 4 is 0 Å². The van der Waals surface area contributed by atoms with E-state index in [1.165, 1.54) is 0 Å². The first kappa shape index (κ1) is 15.1. The van der Waals surface area contributed by atoms with Crippen molar-refractivity contribution in [1.29, 1.82) is 0 Å².